The molecule has 3 aliphatic rings. The minimum absolute atomic E-state index is 0.103. The normalized spacial score (nSPS) is 28.9. The highest BCUT2D eigenvalue weighted by Crippen LogP contribution is 2.40. The number of hydrogen-bond donors (Lipinski definition) is 0. The molecule has 0 unspecified atom stereocenters. The second-order valence-electron chi connectivity index (χ2n) is 6.71. The van der Waals surface area contributed by atoms with Gasteiger partial charge in [0, 0.05) is 43.5 Å². The van der Waals surface area contributed by atoms with Crippen LogP contribution in [0, 0.1) is 0 Å². The van der Waals surface area contributed by atoms with Crippen molar-refractivity contribution in [2.24, 2.45) is 0 Å². The van der Waals surface area contributed by atoms with Crippen LogP contribution in [-0.2, 0) is 16.6 Å². The first-order valence-electron chi connectivity index (χ1n) is 8.34. The predicted molar refractivity (Wildman–Crippen MR) is 86.7 cm³/mol. The molecule has 1 saturated carbocycles. The van der Waals surface area contributed by atoms with Crippen molar-refractivity contribution in [1.29, 1.82) is 0 Å². The van der Waals surface area contributed by atoms with Crippen LogP contribution < -0.4 is 4.74 Å². The summed E-state index contributed by atoms with van der Waals surface area (Å²) in [6.45, 7) is 2.38. The predicted octanol–water partition coefficient (Wildman–Crippen LogP) is 1.23. The highest BCUT2D eigenvalue weighted by atomic mass is 32.2. The topological polar surface area (TPSA) is 62.7 Å². The van der Waals surface area contributed by atoms with E-state index in [0.29, 0.717) is 18.5 Å². The van der Waals surface area contributed by atoms with Crippen LogP contribution in [-0.4, -0.2) is 60.1 Å². The summed E-state index contributed by atoms with van der Waals surface area (Å²) in [5.41, 5.74) is 1.07. The van der Waals surface area contributed by atoms with Gasteiger partial charge in [0.05, 0.1) is 12.4 Å². The largest absolute Gasteiger partial charge is 0.481 e. The average Bonchev–Trinajstić information content (AvgIpc) is 3.22. The Labute approximate surface area is 137 Å². The van der Waals surface area contributed by atoms with E-state index in [1.807, 2.05) is 12.1 Å². The molecule has 0 amide bonds. The molecule has 1 aromatic rings. The van der Waals surface area contributed by atoms with Crippen LogP contribution in [0.2, 0.25) is 0 Å². The van der Waals surface area contributed by atoms with Gasteiger partial charge in [0.2, 0.25) is 15.9 Å². The van der Waals surface area contributed by atoms with E-state index in [0.717, 1.165) is 44.3 Å². The van der Waals surface area contributed by atoms with E-state index in [1.165, 1.54) is 0 Å². The molecule has 7 heteroatoms. The standard InChI is InChI=1S/C16H23N3O3S/c1-22-16-12(3-2-8-17-16)11-18-9-6-15-14(18)7-10-19(15)23(20,21)13-4-5-13/h2-3,8,13-15H,4-7,9-11H2,1H3/t14-,15+/m0/s1. The lowest BCUT2D eigenvalue weighted by Crippen LogP contribution is -2.41. The minimum atomic E-state index is -3.06. The Morgan fingerprint density at radius 1 is 1.22 bits per heavy atom. The van der Waals surface area contributed by atoms with Gasteiger partial charge < -0.3 is 4.74 Å². The van der Waals surface area contributed by atoms with Crippen LogP contribution in [0.25, 0.3) is 0 Å². The smallest absolute Gasteiger partial charge is 0.217 e. The van der Waals surface area contributed by atoms with E-state index < -0.39 is 10.0 Å². The number of nitrogens with zero attached hydrogens (tertiary/aromatic N) is 3. The van der Waals surface area contributed by atoms with Gasteiger partial charge in [-0.1, -0.05) is 6.07 Å². The van der Waals surface area contributed by atoms with Crippen molar-refractivity contribution in [3.05, 3.63) is 23.9 Å². The molecule has 0 N–H and O–H groups in total. The Bertz CT molecular complexity index is 690. The number of sulfonamides is 1. The van der Waals surface area contributed by atoms with E-state index in [4.69, 9.17) is 4.74 Å². The summed E-state index contributed by atoms with van der Waals surface area (Å²) in [6, 6.07) is 4.44. The van der Waals surface area contributed by atoms with Gasteiger partial charge in [-0.15, -0.1) is 0 Å². The lowest BCUT2D eigenvalue weighted by molar-refractivity contribution is 0.235. The molecular formula is C16H23N3O3S. The number of rotatable bonds is 5. The summed E-state index contributed by atoms with van der Waals surface area (Å²) >= 11 is 0. The van der Waals surface area contributed by atoms with E-state index in [-0.39, 0.29) is 11.3 Å². The molecule has 4 rings (SSSR count). The molecular weight excluding hydrogens is 314 g/mol. The third kappa shape index (κ3) is 2.64. The lowest BCUT2D eigenvalue weighted by Gasteiger charge is -2.25. The Morgan fingerprint density at radius 2 is 2.00 bits per heavy atom. The number of methoxy groups -OCH3 is 1. The van der Waals surface area contributed by atoms with E-state index in [1.54, 1.807) is 17.6 Å². The molecule has 0 radical (unpaired) electrons. The molecule has 3 heterocycles. The van der Waals surface area contributed by atoms with E-state index in [2.05, 4.69) is 9.88 Å². The van der Waals surface area contributed by atoms with Crippen molar-refractivity contribution >= 4 is 10.0 Å². The molecule has 1 aliphatic carbocycles. The van der Waals surface area contributed by atoms with E-state index in [9.17, 15) is 8.42 Å². The first-order valence-corrected chi connectivity index (χ1v) is 9.84. The second kappa shape index (κ2) is 5.72. The Balaban J connectivity index is 1.50. The van der Waals surface area contributed by atoms with Crippen LogP contribution in [0.1, 0.15) is 31.2 Å². The Hall–Kier alpha value is -1.18. The van der Waals surface area contributed by atoms with Crippen LogP contribution >= 0.6 is 0 Å². The zero-order chi connectivity index (χ0) is 16.0. The van der Waals surface area contributed by atoms with Crippen LogP contribution in [0.4, 0.5) is 0 Å². The number of pyridine rings is 1. The highest BCUT2D eigenvalue weighted by Gasteiger charge is 2.51. The van der Waals surface area contributed by atoms with Crippen molar-refractivity contribution in [1.82, 2.24) is 14.2 Å². The molecule has 0 spiro atoms. The molecule has 3 fully saturated rings. The zero-order valence-corrected chi connectivity index (χ0v) is 14.2. The second-order valence-corrected chi connectivity index (χ2v) is 8.87. The minimum Gasteiger partial charge on any atom is -0.481 e. The number of hydrogen-bond acceptors (Lipinski definition) is 5. The van der Waals surface area contributed by atoms with Gasteiger partial charge in [-0.3, -0.25) is 4.90 Å². The van der Waals surface area contributed by atoms with Crippen molar-refractivity contribution in [3.63, 3.8) is 0 Å². The maximum Gasteiger partial charge on any atom is 0.217 e. The van der Waals surface area contributed by atoms with Gasteiger partial charge in [-0.25, -0.2) is 13.4 Å². The van der Waals surface area contributed by atoms with Gasteiger partial charge in [0.15, 0.2) is 0 Å². The lowest BCUT2D eigenvalue weighted by atomic mass is 10.1. The van der Waals surface area contributed by atoms with E-state index >= 15 is 0 Å². The quantitative estimate of drug-likeness (QED) is 0.809. The summed E-state index contributed by atoms with van der Waals surface area (Å²) in [4.78, 5) is 6.65. The molecule has 0 bridgehead atoms. The summed E-state index contributed by atoms with van der Waals surface area (Å²) in [7, 11) is -1.42. The van der Waals surface area contributed by atoms with Crippen LogP contribution in [0.15, 0.2) is 18.3 Å². The molecule has 23 heavy (non-hydrogen) atoms. The average molecular weight is 337 g/mol. The number of aromatic nitrogens is 1. The van der Waals surface area contributed by atoms with Gasteiger partial charge >= 0.3 is 0 Å². The number of likely N-dealkylation sites (tertiary alicyclic amines) is 1. The molecule has 2 saturated heterocycles. The first kappa shape index (κ1) is 15.4. The number of ether oxygens (including phenoxy) is 1. The third-order valence-corrected chi connectivity index (χ3v) is 7.75. The van der Waals surface area contributed by atoms with Gasteiger partial charge in [-0.2, -0.15) is 4.31 Å². The molecule has 126 valence electrons. The zero-order valence-electron chi connectivity index (χ0n) is 13.4. The van der Waals surface area contributed by atoms with Crippen molar-refractivity contribution in [2.45, 2.75) is 49.6 Å². The van der Waals surface area contributed by atoms with Crippen LogP contribution in [0.3, 0.4) is 0 Å². The summed E-state index contributed by atoms with van der Waals surface area (Å²) in [6.07, 6.45) is 5.27. The maximum atomic E-state index is 12.6. The first-order chi connectivity index (χ1) is 11.1. The van der Waals surface area contributed by atoms with Gasteiger partial charge in [-0.05, 0) is 31.7 Å². The Morgan fingerprint density at radius 3 is 2.74 bits per heavy atom. The fraction of sp³-hybridized carbons (Fsp3) is 0.688. The van der Waals surface area contributed by atoms with Crippen molar-refractivity contribution in [2.75, 3.05) is 20.2 Å². The fourth-order valence-electron chi connectivity index (χ4n) is 4.05. The maximum absolute atomic E-state index is 12.6. The molecule has 1 aromatic heterocycles. The Kier molecular flexibility index (Phi) is 3.82. The summed E-state index contributed by atoms with van der Waals surface area (Å²) in [5.74, 6) is 0.663. The summed E-state index contributed by atoms with van der Waals surface area (Å²) in [5, 5.41) is -0.103. The molecule has 6 nitrogen and oxygen atoms in total. The van der Waals surface area contributed by atoms with Crippen molar-refractivity contribution < 1.29 is 13.2 Å². The van der Waals surface area contributed by atoms with Gasteiger partial charge in [0.1, 0.15) is 0 Å². The molecule has 2 aliphatic heterocycles. The van der Waals surface area contributed by atoms with Gasteiger partial charge in [0.25, 0.3) is 0 Å². The van der Waals surface area contributed by atoms with Crippen molar-refractivity contribution in [3.8, 4) is 5.88 Å². The number of fused-ring (bicyclic) bond motifs is 1. The SMILES string of the molecule is COc1ncccc1CN1CC[C@@H]2[C@@H]1CCN2S(=O)(=O)C1CC1. The molecule has 2 atom stereocenters. The third-order valence-electron chi connectivity index (χ3n) is 5.33. The van der Waals surface area contributed by atoms with Crippen LogP contribution in [0.5, 0.6) is 5.88 Å². The highest BCUT2D eigenvalue weighted by molar-refractivity contribution is 7.90. The molecule has 0 aromatic carbocycles. The monoisotopic (exact) mass is 337 g/mol. The fourth-order valence-corrected chi connectivity index (χ4v) is 6.15. The summed E-state index contributed by atoms with van der Waals surface area (Å²) < 4.78 is 32.3.